The third-order valence-electron chi connectivity index (χ3n) is 11.5. The summed E-state index contributed by atoms with van der Waals surface area (Å²) in [5.74, 6) is 0.332. The fourth-order valence-electron chi connectivity index (χ4n) is 8.29. The minimum absolute atomic E-state index is 0.170. The molecule has 0 bridgehead atoms. The van der Waals surface area contributed by atoms with Gasteiger partial charge in [0.1, 0.15) is 5.65 Å². The van der Waals surface area contributed by atoms with Crippen LogP contribution < -0.4 is 5.73 Å². The number of aryl methyl sites for hydroxylation is 3. The van der Waals surface area contributed by atoms with Gasteiger partial charge in [0.25, 0.3) is 0 Å². The molecular formula is C58H64N4. The van der Waals surface area contributed by atoms with Gasteiger partial charge in [-0.2, -0.15) is 0 Å². The highest BCUT2D eigenvalue weighted by Crippen LogP contribution is 2.39. The number of nitrogens with zero attached hydrogens (tertiary/aromatic N) is 3. The molecule has 0 spiro atoms. The maximum Gasteiger partial charge on any atom is 0.145 e. The van der Waals surface area contributed by atoms with Crippen LogP contribution in [0.5, 0.6) is 0 Å². The Morgan fingerprint density at radius 1 is 0.726 bits per heavy atom. The summed E-state index contributed by atoms with van der Waals surface area (Å²) in [6, 6.07) is 49.8. The molecule has 3 aromatic heterocycles. The second-order valence-corrected chi connectivity index (χ2v) is 15.6. The third-order valence-corrected chi connectivity index (χ3v) is 11.5. The van der Waals surface area contributed by atoms with Gasteiger partial charge in [-0.1, -0.05) is 143 Å². The molecule has 62 heavy (non-hydrogen) atoms. The van der Waals surface area contributed by atoms with Crippen molar-refractivity contribution in [1.82, 2.24) is 14.1 Å². The van der Waals surface area contributed by atoms with Crippen LogP contribution in [0.4, 0.5) is 0 Å². The van der Waals surface area contributed by atoms with Crippen LogP contribution in [0, 0.1) is 13.8 Å². The quantitative estimate of drug-likeness (QED) is 0.155. The van der Waals surface area contributed by atoms with Crippen molar-refractivity contribution in [3.05, 3.63) is 210 Å². The van der Waals surface area contributed by atoms with Crippen LogP contribution in [-0.2, 0) is 7.05 Å². The van der Waals surface area contributed by atoms with Crippen molar-refractivity contribution < 1.29 is 0 Å². The normalized spacial score (nSPS) is 13.9. The van der Waals surface area contributed by atoms with E-state index in [-0.39, 0.29) is 6.04 Å². The lowest BCUT2D eigenvalue weighted by Gasteiger charge is -2.22. The Morgan fingerprint density at radius 2 is 1.45 bits per heavy atom. The van der Waals surface area contributed by atoms with E-state index in [2.05, 4.69) is 190 Å². The third kappa shape index (κ3) is 9.99. The number of fused-ring (bicyclic) bond motifs is 3. The molecule has 2 N–H and O–H groups in total. The standard InChI is InChI=1S/C47H44N4.C7H8.2C2H6/c1-5-6-14-44(48)37-27-36(28-38(29-37)45-15-10-25-50(45)4)33-16-20-39(21-17-33)51-46-23-19-35(30-43(46)42-13-9-24-49-47(42)51)34-18-22-41(32(3)26-34)40-12-8-7-11-31(40)2;1-7-5-3-2-4-6-7;2*1-2/h6-25,27-30,34,44H,5,26,48H2,1-4H3;2-6H,1H3;2*1-2H3/b14-6-;;;. The van der Waals surface area contributed by atoms with Gasteiger partial charge < -0.3 is 10.3 Å². The zero-order valence-corrected chi connectivity index (χ0v) is 38.2. The largest absolute Gasteiger partial charge is 0.351 e. The number of benzene rings is 5. The number of hydrogen-bond donors (Lipinski definition) is 1. The van der Waals surface area contributed by atoms with Gasteiger partial charge >= 0.3 is 0 Å². The summed E-state index contributed by atoms with van der Waals surface area (Å²) in [5, 5.41) is 2.40. The Balaban J connectivity index is 0.000000520. The number of aromatic nitrogens is 3. The highest BCUT2D eigenvalue weighted by Gasteiger charge is 2.20. The first kappa shape index (κ1) is 45.0. The monoisotopic (exact) mass is 817 g/mol. The average molecular weight is 817 g/mol. The molecule has 4 nitrogen and oxygen atoms in total. The molecule has 3 heterocycles. The summed E-state index contributed by atoms with van der Waals surface area (Å²) in [5.41, 5.74) is 23.7. The smallest absolute Gasteiger partial charge is 0.145 e. The van der Waals surface area contributed by atoms with Crippen LogP contribution in [-0.4, -0.2) is 14.1 Å². The molecule has 4 heteroatoms. The SMILES string of the molecule is CC.CC.CC/C=C\C(N)c1cc(-c2ccc(-n3c4ccc(C5C=CC(c6ccccc6C)=C(C)C5)cc4c4cccnc43)cc2)cc(-c2cccn2C)c1.Cc1ccccc1. The molecule has 1 aliphatic carbocycles. The van der Waals surface area contributed by atoms with Crippen LogP contribution in [0.25, 0.3) is 55.6 Å². The Kier molecular flexibility index (Phi) is 15.5. The molecule has 316 valence electrons. The highest BCUT2D eigenvalue weighted by atomic mass is 15.0. The Bertz CT molecular complexity index is 2790. The van der Waals surface area contributed by atoms with E-state index in [9.17, 15) is 0 Å². The molecule has 9 rings (SSSR count). The molecule has 0 fully saturated rings. The van der Waals surface area contributed by atoms with Crippen molar-refractivity contribution in [2.75, 3.05) is 0 Å². The summed E-state index contributed by atoms with van der Waals surface area (Å²) in [6.07, 6.45) is 14.9. The molecule has 1 aliphatic rings. The molecule has 0 radical (unpaired) electrons. The number of rotatable bonds is 8. The van der Waals surface area contributed by atoms with Crippen molar-refractivity contribution in [2.24, 2.45) is 12.8 Å². The Morgan fingerprint density at radius 3 is 2.11 bits per heavy atom. The Labute approximate surface area is 370 Å². The van der Waals surface area contributed by atoms with E-state index < -0.39 is 0 Å². The second kappa shape index (κ2) is 21.3. The molecular weight excluding hydrogens is 753 g/mol. The molecule has 0 aliphatic heterocycles. The van der Waals surface area contributed by atoms with Crippen molar-refractivity contribution >= 4 is 27.5 Å². The fourth-order valence-corrected chi connectivity index (χ4v) is 8.29. The van der Waals surface area contributed by atoms with Crippen LogP contribution >= 0.6 is 0 Å². The van der Waals surface area contributed by atoms with Gasteiger partial charge in [0.05, 0.1) is 5.52 Å². The minimum Gasteiger partial charge on any atom is -0.351 e. The van der Waals surface area contributed by atoms with E-state index in [1.54, 1.807) is 0 Å². The second-order valence-electron chi connectivity index (χ2n) is 15.6. The Hall–Kier alpha value is -6.49. The first-order valence-electron chi connectivity index (χ1n) is 22.4. The number of hydrogen-bond acceptors (Lipinski definition) is 2. The first-order valence-corrected chi connectivity index (χ1v) is 22.4. The van der Waals surface area contributed by atoms with Gasteiger partial charge in [-0.3, -0.25) is 4.57 Å². The lowest BCUT2D eigenvalue weighted by molar-refractivity contribution is 0.818. The summed E-state index contributed by atoms with van der Waals surface area (Å²) in [6.45, 7) is 16.7. The van der Waals surface area contributed by atoms with Crippen molar-refractivity contribution in [2.45, 2.75) is 80.2 Å². The van der Waals surface area contributed by atoms with Crippen molar-refractivity contribution in [1.29, 1.82) is 0 Å². The molecule has 8 aromatic rings. The molecule has 5 aromatic carbocycles. The van der Waals surface area contributed by atoms with E-state index in [0.717, 1.165) is 51.9 Å². The summed E-state index contributed by atoms with van der Waals surface area (Å²) >= 11 is 0. The number of nitrogens with two attached hydrogens (primary N) is 1. The predicted molar refractivity (Wildman–Crippen MR) is 269 cm³/mol. The highest BCUT2D eigenvalue weighted by molar-refractivity contribution is 6.08. The zero-order chi connectivity index (χ0) is 44.2. The molecule has 2 atom stereocenters. The predicted octanol–water partition coefficient (Wildman–Crippen LogP) is 15.7. The van der Waals surface area contributed by atoms with E-state index in [1.807, 2.05) is 58.2 Å². The van der Waals surface area contributed by atoms with Gasteiger partial charge in [-0.05, 0) is 145 Å². The van der Waals surface area contributed by atoms with E-state index in [0.29, 0.717) is 5.92 Å². The maximum atomic E-state index is 6.67. The number of pyridine rings is 1. The van der Waals surface area contributed by atoms with Crippen LogP contribution in [0.1, 0.15) is 94.2 Å². The average Bonchev–Trinajstić information content (AvgIpc) is 3.90. The molecule has 0 saturated heterocycles. The van der Waals surface area contributed by atoms with Crippen LogP contribution in [0.3, 0.4) is 0 Å². The number of allylic oxidation sites excluding steroid dienone is 5. The lowest BCUT2D eigenvalue weighted by atomic mass is 9.82. The van der Waals surface area contributed by atoms with Crippen molar-refractivity contribution in [3.8, 4) is 28.1 Å². The fraction of sp³-hybridized carbons (Fsp3) is 0.224. The van der Waals surface area contributed by atoms with Gasteiger partial charge in [0, 0.05) is 53.6 Å². The van der Waals surface area contributed by atoms with E-state index in [1.165, 1.54) is 49.9 Å². The minimum atomic E-state index is -0.170. The molecule has 0 saturated carbocycles. The van der Waals surface area contributed by atoms with Gasteiger partial charge in [-0.25, -0.2) is 4.98 Å². The first-order chi connectivity index (χ1) is 30.3. The van der Waals surface area contributed by atoms with Crippen molar-refractivity contribution in [3.63, 3.8) is 0 Å². The summed E-state index contributed by atoms with van der Waals surface area (Å²) < 4.78 is 4.46. The molecule has 0 amide bonds. The maximum absolute atomic E-state index is 6.67. The molecule has 2 unspecified atom stereocenters. The van der Waals surface area contributed by atoms with Crippen LogP contribution in [0.2, 0.25) is 0 Å². The summed E-state index contributed by atoms with van der Waals surface area (Å²) in [4.78, 5) is 4.90. The topological polar surface area (TPSA) is 48.8 Å². The van der Waals surface area contributed by atoms with Crippen LogP contribution in [0.15, 0.2) is 182 Å². The van der Waals surface area contributed by atoms with E-state index >= 15 is 0 Å². The summed E-state index contributed by atoms with van der Waals surface area (Å²) in [7, 11) is 2.09. The van der Waals surface area contributed by atoms with E-state index in [4.69, 9.17) is 10.7 Å². The zero-order valence-electron chi connectivity index (χ0n) is 38.2. The lowest BCUT2D eigenvalue weighted by Crippen LogP contribution is -2.07. The van der Waals surface area contributed by atoms with Gasteiger partial charge in [0.15, 0.2) is 0 Å². The van der Waals surface area contributed by atoms with Gasteiger partial charge in [-0.15, -0.1) is 0 Å². The van der Waals surface area contributed by atoms with Gasteiger partial charge in [0.2, 0.25) is 0 Å².